The number of rotatable bonds is 2. The first-order valence-corrected chi connectivity index (χ1v) is 9.05. The zero-order valence-electron chi connectivity index (χ0n) is 16.3. The van der Waals surface area contributed by atoms with E-state index >= 15 is 0 Å². The largest absolute Gasteiger partial charge is 0.0614 e. The van der Waals surface area contributed by atoms with Gasteiger partial charge in [0.1, 0.15) is 0 Å². The van der Waals surface area contributed by atoms with Gasteiger partial charge >= 0.3 is 0 Å². The van der Waals surface area contributed by atoms with E-state index in [2.05, 4.69) is 102 Å². The third-order valence-corrected chi connectivity index (χ3v) is 4.89. The number of hydrogen-bond donors (Lipinski definition) is 0. The fourth-order valence-corrected chi connectivity index (χ4v) is 3.65. The molecule has 0 bridgehead atoms. The van der Waals surface area contributed by atoms with E-state index in [1.54, 1.807) is 0 Å². The highest BCUT2D eigenvalue weighted by Gasteiger charge is 2.14. The van der Waals surface area contributed by atoms with E-state index in [1.165, 1.54) is 44.5 Å². The Kier molecular flexibility index (Phi) is 4.56. The smallest absolute Gasteiger partial charge is 0.0125 e. The van der Waals surface area contributed by atoms with Crippen molar-refractivity contribution in [2.75, 3.05) is 0 Å². The monoisotopic (exact) mass is 328 g/mol. The Balaban J connectivity index is 2.10. The predicted molar refractivity (Wildman–Crippen MR) is 110 cm³/mol. The molecule has 0 aromatic heterocycles. The summed E-state index contributed by atoms with van der Waals surface area (Å²) >= 11 is 0. The molecule has 0 nitrogen and oxygen atoms in total. The van der Waals surface area contributed by atoms with Crippen molar-refractivity contribution in [3.63, 3.8) is 0 Å². The fraction of sp³-hybridized carbons (Fsp3) is 0.280. The average molecular weight is 328 g/mol. The highest BCUT2D eigenvalue weighted by atomic mass is 14.2. The third kappa shape index (κ3) is 3.69. The lowest BCUT2D eigenvalue weighted by molar-refractivity contribution is 0.590. The molecule has 0 amide bonds. The van der Waals surface area contributed by atoms with Gasteiger partial charge < -0.3 is 0 Å². The van der Waals surface area contributed by atoms with Crippen molar-refractivity contribution in [1.29, 1.82) is 0 Å². The highest BCUT2D eigenvalue weighted by Crippen LogP contribution is 2.33. The minimum absolute atomic E-state index is 0.164. The molecule has 0 saturated heterocycles. The molecule has 0 N–H and O–H groups in total. The third-order valence-electron chi connectivity index (χ3n) is 4.89. The summed E-state index contributed by atoms with van der Waals surface area (Å²) in [5.41, 5.74) is 10.8. The van der Waals surface area contributed by atoms with Crippen LogP contribution in [0, 0.1) is 20.8 Å². The number of benzene rings is 3. The molecular formula is C25H28. The molecule has 0 unspecified atom stereocenters. The Morgan fingerprint density at radius 3 is 1.72 bits per heavy atom. The molecule has 0 heterocycles. The van der Waals surface area contributed by atoms with Gasteiger partial charge in [-0.3, -0.25) is 0 Å². The molecule has 0 atom stereocenters. The average Bonchev–Trinajstić information content (AvgIpc) is 2.53. The van der Waals surface area contributed by atoms with Crippen LogP contribution in [0.4, 0.5) is 0 Å². The van der Waals surface area contributed by atoms with Gasteiger partial charge in [0.25, 0.3) is 0 Å². The molecule has 0 saturated carbocycles. The van der Waals surface area contributed by atoms with Crippen LogP contribution in [0.1, 0.15) is 43.0 Å². The van der Waals surface area contributed by atoms with Crippen LogP contribution in [0.5, 0.6) is 0 Å². The van der Waals surface area contributed by atoms with Crippen LogP contribution in [0.2, 0.25) is 0 Å². The molecule has 0 aliphatic rings. The van der Waals surface area contributed by atoms with E-state index in [0.29, 0.717) is 0 Å². The number of aryl methyl sites for hydroxylation is 3. The van der Waals surface area contributed by atoms with Crippen molar-refractivity contribution in [2.24, 2.45) is 0 Å². The van der Waals surface area contributed by atoms with Gasteiger partial charge in [0.15, 0.2) is 0 Å². The second kappa shape index (κ2) is 6.52. The lowest BCUT2D eigenvalue weighted by Crippen LogP contribution is -2.10. The zero-order valence-corrected chi connectivity index (χ0v) is 16.3. The Hall–Kier alpha value is -2.34. The van der Waals surface area contributed by atoms with E-state index in [9.17, 15) is 0 Å². The van der Waals surface area contributed by atoms with Crippen LogP contribution in [-0.2, 0) is 5.41 Å². The van der Waals surface area contributed by atoms with Crippen LogP contribution in [-0.4, -0.2) is 0 Å². The summed E-state index contributed by atoms with van der Waals surface area (Å²) in [5.74, 6) is 0. The molecule has 3 aromatic rings. The molecule has 0 heteroatoms. The van der Waals surface area contributed by atoms with Crippen molar-refractivity contribution >= 4 is 0 Å². The molecule has 0 radical (unpaired) electrons. The Morgan fingerprint density at radius 2 is 1.12 bits per heavy atom. The molecule has 0 fully saturated rings. The molecule has 3 aromatic carbocycles. The van der Waals surface area contributed by atoms with Crippen molar-refractivity contribution in [1.82, 2.24) is 0 Å². The summed E-state index contributed by atoms with van der Waals surface area (Å²) in [5, 5.41) is 0. The summed E-state index contributed by atoms with van der Waals surface area (Å²) < 4.78 is 0. The molecule has 128 valence electrons. The predicted octanol–water partition coefficient (Wildman–Crippen LogP) is 7.24. The molecular weight excluding hydrogens is 300 g/mol. The normalized spacial score (nSPS) is 11.6. The zero-order chi connectivity index (χ0) is 18.2. The summed E-state index contributed by atoms with van der Waals surface area (Å²) in [4.78, 5) is 0. The summed E-state index contributed by atoms with van der Waals surface area (Å²) in [6.07, 6.45) is 0. The van der Waals surface area contributed by atoms with Crippen LogP contribution in [0.3, 0.4) is 0 Å². The maximum Gasteiger partial charge on any atom is -0.0125 e. The van der Waals surface area contributed by atoms with Gasteiger partial charge in [-0.05, 0) is 71.2 Å². The highest BCUT2D eigenvalue weighted by molar-refractivity contribution is 5.77. The van der Waals surface area contributed by atoms with Gasteiger partial charge in [-0.15, -0.1) is 0 Å². The standard InChI is InChI=1S/C25H28/c1-17-13-18(2)24(19(3)14-17)22-11-7-9-20(15-22)21-10-8-12-23(16-21)25(4,5)6/h7-16H,1-6H3. The quantitative estimate of drug-likeness (QED) is 0.465. The molecule has 25 heavy (non-hydrogen) atoms. The van der Waals surface area contributed by atoms with Gasteiger partial charge in [-0.25, -0.2) is 0 Å². The van der Waals surface area contributed by atoms with Crippen molar-refractivity contribution in [2.45, 2.75) is 47.0 Å². The lowest BCUT2D eigenvalue weighted by Gasteiger charge is -2.20. The van der Waals surface area contributed by atoms with Gasteiger partial charge in [-0.1, -0.05) is 80.9 Å². The minimum atomic E-state index is 0.164. The van der Waals surface area contributed by atoms with Crippen molar-refractivity contribution < 1.29 is 0 Å². The van der Waals surface area contributed by atoms with E-state index in [1.807, 2.05) is 0 Å². The van der Waals surface area contributed by atoms with Crippen molar-refractivity contribution in [3.8, 4) is 22.3 Å². The topological polar surface area (TPSA) is 0 Å². The van der Waals surface area contributed by atoms with E-state index < -0.39 is 0 Å². The van der Waals surface area contributed by atoms with Gasteiger partial charge in [0.2, 0.25) is 0 Å². The fourth-order valence-electron chi connectivity index (χ4n) is 3.65. The van der Waals surface area contributed by atoms with Crippen LogP contribution in [0.15, 0.2) is 60.7 Å². The lowest BCUT2D eigenvalue weighted by atomic mass is 9.85. The maximum absolute atomic E-state index is 2.33. The van der Waals surface area contributed by atoms with Crippen molar-refractivity contribution in [3.05, 3.63) is 82.9 Å². The van der Waals surface area contributed by atoms with Crippen LogP contribution in [0.25, 0.3) is 22.3 Å². The second-order valence-electron chi connectivity index (χ2n) is 8.19. The summed E-state index contributed by atoms with van der Waals surface area (Å²) in [7, 11) is 0. The molecule has 0 aliphatic carbocycles. The summed E-state index contributed by atoms with van der Waals surface area (Å²) in [6.45, 7) is 13.4. The number of hydrogen-bond acceptors (Lipinski definition) is 0. The van der Waals surface area contributed by atoms with Gasteiger partial charge in [0.05, 0.1) is 0 Å². The van der Waals surface area contributed by atoms with Gasteiger partial charge in [0, 0.05) is 0 Å². The second-order valence-corrected chi connectivity index (χ2v) is 8.19. The minimum Gasteiger partial charge on any atom is -0.0614 e. The first-order chi connectivity index (χ1) is 11.8. The van der Waals surface area contributed by atoms with E-state index in [0.717, 1.165) is 0 Å². The van der Waals surface area contributed by atoms with Gasteiger partial charge in [-0.2, -0.15) is 0 Å². The SMILES string of the molecule is Cc1cc(C)c(-c2cccc(-c3cccc(C(C)(C)C)c3)c2)c(C)c1. The summed E-state index contributed by atoms with van der Waals surface area (Å²) in [6, 6.07) is 22.4. The van der Waals surface area contributed by atoms with E-state index in [4.69, 9.17) is 0 Å². The Labute approximate surface area is 152 Å². The molecule has 0 aliphatic heterocycles. The van der Waals surface area contributed by atoms with Crippen LogP contribution >= 0.6 is 0 Å². The first-order valence-electron chi connectivity index (χ1n) is 9.05. The first kappa shape index (κ1) is 17.5. The Bertz CT molecular complexity index is 884. The molecule has 3 rings (SSSR count). The maximum atomic E-state index is 2.33. The Morgan fingerprint density at radius 1 is 0.600 bits per heavy atom. The van der Waals surface area contributed by atoms with E-state index in [-0.39, 0.29) is 5.41 Å². The molecule has 0 spiro atoms. The van der Waals surface area contributed by atoms with Crippen LogP contribution < -0.4 is 0 Å².